The standard InChI is InChI=1S/2C6H4Cl2O.4ClH.W/c2*7-4-2-1-3-5(8)6(4)9;;;;;/h2*1-3,9H;4*1H;/q;;;;;;+2/p-2. The molecule has 2 nitrogen and oxygen atoms in total. The Bertz CT molecular complexity index is 507. The van der Waals surface area contributed by atoms with Gasteiger partial charge in [0, 0.05) is 0 Å². The molecule has 0 heterocycles. The third kappa shape index (κ3) is 8.31. The molecule has 0 N–H and O–H groups in total. The van der Waals surface area contributed by atoms with E-state index in [-0.39, 0.29) is 49.6 Å². The molecule has 2 aromatic rings. The summed E-state index contributed by atoms with van der Waals surface area (Å²) < 4.78 is 11.1. The van der Waals surface area contributed by atoms with Crippen LogP contribution in [0.3, 0.4) is 0 Å². The van der Waals surface area contributed by atoms with Gasteiger partial charge in [-0.1, -0.05) is 0 Å². The number of hydrogen-bond acceptors (Lipinski definition) is 2. The van der Waals surface area contributed by atoms with Gasteiger partial charge in [0.15, 0.2) is 0 Å². The molecule has 0 aliphatic heterocycles. The van der Waals surface area contributed by atoms with Crippen LogP contribution in [0.2, 0.25) is 20.1 Å². The van der Waals surface area contributed by atoms with Gasteiger partial charge in [0.2, 0.25) is 0 Å². The molecule has 0 radical (unpaired) electrons. The molecule has 23 heavy (non-hydrogen) atoms. The van der Waals surface area contributed by atoms with Crippen LogP contribution in [-0.2, 0) is 19.3 Å². The van der Waals surface area contributed by atoms with Gasteiger partial charge < -0.3 is 0 Å². The van der Waals surface area contributed by atoms with E-state index < -0.39 is 19.3 Å². The van der Waals surface area contributed by atoms with E-state index >= 15 is 0 Å². The Morgan fingerprint density at radius 3 is 1.09 bits per heavy atom. The SMILES string of the molecule is Cl.Cl.Cl.Cl.Clc1cccc(Cl)c1[O][W][O]c1c(Cl)cccc1Cl. The Morgan fingerprint density at radius 2 is 0.826 bits per heavy atom. The molecule has 0 aliphatic rings. The molecule has 0 saturated carbocycles. The van der Waals surface area contributed by atoms with Crippen molar-refractivity contribution in [1.29, 1.82) is 0 Å². The van der Waals surface area contributed by atoms with E-state index in [1.165, 1.54) is 0 Å². The van der Waals surface area contributed by atoms with Gasteiger partial charge in [0.25, 0.3) is 0 Å². The first-order valence-corrected chi connectivity index (χ1v) is 8.89. The van der Waals surface area contributed by atoms with E-state index in [0.29, 0.717) is 31.6 Å². The van der Waals surface area contributed by atoms with Crippen LogP contribution in [0.1, 0.15) is 0 Å². The third-order valence-corrected chi connectivity index (χ3v) is 4.95. The summed E-state index contributed by atoms with van der Waals surface area (Å²) >= 11 is 22.3. The average Bonchev–Trinajstić information content (AvgIpc) is 2.36. The van der Waals surface area contributed by atoms with Crippen molar-refractivity contribution in [3.8, 4) is 11.5 Å². The summed E-state index contributed by atoms with van der Waals surface area (Å²) in [5.74, 6) is 0.859. The second-order valence-electron chi connectivity index (χ2n) is 3.34. The summed E-state index contributed by atoms with van der Waals surface area (Å²) in [7, 11) is 0. The van der Waals surface area contributed by atoms with Gasteiger partial charge in [-0.3, -0.25) is 0 Å². The van der Waals surface area contributed by atoms with E-state index in [4.69, 9.17) is 53.2 Å². The van der Waals surface area contributed by atoms with Crippen molar-refractivity contribution in [2.75, 3.05) is 0 Å². The predicted octanol–water partition coefficient (Wildman–Crippen LogP) is 7.36. The number of benzene rings is 2. The molecule has 0 amide bonds. The van der Waals surface area contributed by atoms with Crippen LogP contribution in [-0.4, -0.2) is 0 Å². The quantitative estimate of drug-likeness (QED) is 0.344. The molecule has 2 rings (SSSR count). The Labute approximate surface area is 188 Å². The molecule has 0 bridgehead atoms. The zero-order chi connectivity index (χ0) is 13.8. The number of hydrogen-bond donors (Lipinski definition) is 0. The van der Waals surface area contributed by atoms with Crippen LogP contribution in [0.4, 0.5) is 0 Å². The van der Waals surface area contributed by atoms with Crippen LogP contribution in [0.25, 0.3) is 0 Å². The van der Waals surface area contributed by atoms with Crippen LogP contribution in [0.5, 0.6) is 11.5 Å². The minimum absolute atomic E-state index is 0. The zero-order valence-electron chi connectivity index (χ0n) is 10.8. The van der Waals surface area contributed by atoms with Gasteiger partial charge in [-0.25, -0.2) is 0 Å². The van der Waals surface area contributed by atoms with Crippen LogP contribution >= 0.6 is 96.0 Å². The molecule has 2 aromatic carbocycles. The van der Waals surface area contributed by atoms with Gasteiger partial charge in [0.1, 0.15) is 0 Å². The summed E-state index contributed by atoms with van der Waals surface area (Å²) in [4.78, 5) is 0. The summed E-state index contributed by atoms with van der Waals surface area (Å²) in [5, 5.41) is 1.78. The second-order valence-corrected chi connectivity index (χ2v) is 6.65. The fourth-order valence-electron chi connectivity index (χ4n) is 1.21. The first-order chi connectivity index (χ1) is 9.09. The van der Waals surface area contributed by atoms with Gasteiger partial charge in [-0.2, -0.15) is 0 Å². The first kappa shape index (κ1) is 28.8. The Hall–Kier alpha value is 1.05. The second kappa shape index (κ2) is 14.2. The van der Waals surface area contributed by atoms with E-state index in [0.717, 1.165) is 0 Å². The Kier molecular flexibility index (Phi) is 17.9. The van der Waals surface area contributed by atoms with Crippen molar-refractivity contribution in [1.82, 2.24) is 0 Å². The maximum absolute atomic E-state index is 5.98. The zero-order valence-corrected chi connectivity index (χ0v) is 20.1. The van der Waals surface area contributed by atoms with Crippen molar-refractivity contribution in [3.63, 3.8) is 0 Å². The number of para-hydroxylation sites is 2. The summed E-state index contributed by atoms with van der Waals surface area (Å²) in [6.45, 7) is 0. The van der Waals surface area contributed by atoms with Crippen molar-refractivity contribution in [2.24, 2.45) is 0 Å². The summed E-state index contributed by atoms with van der Waals surface area (Å²) in [5.41, 5.74) is 0. The minimum atomic E-state index is -1.67. The molecule has 11 heteroatoms. The van der Waals surface area contributed by atoms with Crippen molar-refractivity contribution in [2.45, 2.75) is 0 Å². The summed E-state index contributed by atoms with van der Waals surface area (Å²) in [6, 6.07) is 10.3. The van der Waals surface area contributed by atoms with Gasteiger partial charge in [-0.05, 0) is 0 Å². The maximum atomic E-state index is 5.98. The monoisotopic (exact) mass is 650 g/mol. The van der Waals surface area contributed by atoms with E-state index in [2.05, 4.69) is 0 Å². The summed E-state index contributed by atoms with van der Waals surface area (Å²) in [6.07, 6.45) is 0. The molecule has 0 spiro atoms. The van der Waals surface area contributed by atoms with Crippen molar-refractivity contribution >= 4 is 96.0 Å². The molecule has 0 saturated heterocycles. The Balaban J connectivity index is -0.000001000. The van der Waals surface area contributed by atoms with E-state index in [9.17, 15) is 0 Å². The van der Waals surface area contributed by atoms with E-state index in [1.807, 2.05) is 0 Å². The molecule has 0 aromatic heterocycles. The Morgan fingerprint density at radius 1 is 0.565 bits per heavy atom. The average molecular weight is 654 g/mol. The van der Waals surface area contributed by atoms with Gasteiger partial charge in [-0.15, -0.1) is 49.6 Å². The normalized spacial score (nSPS) is 8.52. The topological polar surface area (TPSA) is 18.5 Å². The van der Waals surface area contributed by atoms with Crippen LogP contribution < -0.4 is 6.78 Å². The molecular weight excluding hydrogens is 644 g/mol. The molecular formula is C12H10Cl8O2W. The fraction of sp³-hybridized carbons (Fsp3) is 0. The van der Waals surface area contributed by atoms with Crippen LogP contribution in [0, 0.1) is 0 Å². The van der Waals surface area contributed by atoms with Gasteiger partial charge in [0.05, 0.1) is 0 Å². The van der Waals surface area contributed by atoms with Crippen molar-refractivity contribution < 1.29 is 26.1 Å². The van der Waals surface area contributed by atoms with E-state index in [1.54, 1.807) is 36.4 Å². The van der Waals surface area contributed by atoms with Crippen molar-refractivity contribution in [3.05, 3.63) is 56.5 Å². The molecule has 0 unspecified atom stereocenters. The van der Waals surface area contributed by atoms with Gasteiger partial charge >= 0.3 is 140 Å². The van der Waals surface area contributed by atoms with Crippen LogP contribution in [0.15, 0.2) is 36.4 Å². The molecule has 0 atom stereocenters. The molecule has 132 valence electrons. The first-order valence-electron chi connectivity index (χ1n) is 4.99. The number of rotatable bonds is 4. The third-order valence-electron chi connectivity index (χ3n) is 2.07. The number of halogens is 8. The molecule has 0 aliphatic carbocycles. The predicted molar refractivity (Wildman–Crippen MR) is 103 cm³/mol. The molecule has 0 fully saturated rings. The fourth-order valence-corrected chi connectivity index (χ4v) is 4.79.